The maximum Gasteiger partial charge on any atom is 0.222 e. The van der Waals surface area contributed by atoms with Gasteiger partial charge in [-0.2, -0.15) is 0 Å². The van der Waals surface area contributed by atoms with E-state index in [-0.39, 0.29) is 11.9 Å². The fraction of sp³-hybridized carbons (Fsp3) is 0.733. The van der Waals surface area contributed by atoms with E-state index in [2.05, 4.69) is 31.1 Å². The molecule has 0 aliphatic carbocycles. The molecule has 1 rings (SSSR count). The second-order valence-corrected chi connectivity index (χ2v) is 5.74. The zero-order valence-electron chi connectivity index (χ0n) is 12.7. The Morgan fingerprint density at radius 2 is 2.20 bits per heavy atom. The van der Waals surface area contributed by atoms with Crippen LogP contribution in [0, 0.1) is 5.92 Å². The molecule has 114 valence electrons. The lowest BCUT2D eigenvalue weighted by Gasteiger charge is -2.18. The summed E-state index contributed by atoms with van der Waals surface area (Å²) in [6.07, 6.45) is 8.01. The fourth-order valence-corrected chi connectivity index (χ4v) is 2.32. The smallest absolute Gasteiger partial charge is 0.222 e. The van der Waals surface area contributed by atoms with Gasteiger partial charge >= 0.3 is 0 Å². The highest BCUT2D eigenvalue weighted by molar-refractivity contribution is 5.76. The summed E-state index contributed by atoms with van der Waals surface area (Å²) in [7, 11) is 0. The molecule has 0 spiro atoms. The molecule has 5 nitrogen and oxygen atoms in total. The van der Waals surface area contributed by atoms with Crippen LogP contribution in [0.2, 0.25) is 0 Å². The van der Waals surface area contributed by atoms with E-state index in [1.165, 1.54) is 0 Å². The first-order chi connectivity index (χ1) is 9.52. The van der Waals surface area contributed by atoms with Crippen LogP contribution in [0.15, 0.2) is 18.7 Å². The molecule has 0 aliphatic rings. The quantitative estimate of drug-likeness (QED) is 0.728. The van der Waals surface area contributed by atoms with E-state index in [0.29, 0.717) is 25.3 Å². The monoisotopic (exact) mass is 281 g/mol. The number of aromatic nitrogens is 2. The maximum atomic E-state index is 12.0. The lowest BCUT2D eigenvalue weighted by atomic mass is 10.1. The molecular weight excluding hydrogens is 254 g/mol. The molecule has 1 aromatic rings. The summed E-state index contributed by atoms with van der Waals surface area (Å²) in [5, 5.41) is 12.6. The molecule has 2 unspecified atom stereocenters. The summed E-state index contributed by atoms with van der Waals surface area (Å²) in [4.78, 5) is 16.0. The zero-order valence-corrected chi connectivity index (χ0v) is 12.7. The van der Waals surface area contributed by atoms with Crippen molar-refractivity contribution in [3.05, 3.63) is 18.7 Å². The van der Waals surface area contributed by atoms with Gasteiger partial charge in [-0.3, -0.25) is 4.79 Å². The molecule has 1 amide bonds. The molecule has 0 bridgehead atoms. The van der Waals surface area contributed by atoms with Crippen molar-refractivity contribution in [1.29, 1.82) is 0 Å². The van der Waals surface area contributed by atoms with Gasteiger partial charge in [0.1, 0.15) is 0 Å². The van der Waals surface area contributed by atoms with E-state index in [1.54, 1.807) is 12.5 Å². The Kier molecular flexibility index (Phi) is 7.30. The number of nitrogens with one attached hydrogen (secondary N) is 1. The Morgan fingerprint density at radius 1 is 1.45 bits per heavy atom. The van der Waals surface area contributed by atoms with Crippen LogP contribution in [0.3, 0.4) is 0 Å². The summed E-state index contributed by atoms with van der Waals surface area (Å²) < 4.78 is 1.98. The first kappa shape index (κ1) is 16.7. The average Bonchev–Trinajstić information content (AvgIpc) is 2.89. The van der Waals surface area contributed by atoms with Crippen LogP contribution >= 0.6 is 0 Å². The fourth-order valence-electron chi connectivity index (χ4n) is 2.32. The van der Waals surface area contributed by atoms with Crippen LogP contribution in [0.5, 0.6) is 0 Å². The normalized spacial score (nSPS) is 14.2. The number of hydrogen-bond acceptors (Lipinski definition) is 3. The van der Waals surface area contributed by atoms with Gasteiger partial charge in [-0.25, -0.2) is 4.98 Å². The topological polar surface area (TPSA) is 67.2 Å². The van der Waals surface area contributed by atoms with E-state index >= 15 is 0 Å². The van der Waals surface area contributed by atoms with Crippen LogP contribution in [0.4, 0.5) is 0 Å². The Hall–Kier alpha value is -1.36. The Balaban J connectivity index is 2.39. The van der Waals surface area contributed by atoms with Gasteiger partial charge in [0.2, 0.25) is 5.91 Å². The minimum Gasteiger partial charge on any atom is -0.391 e. The van der Waals surface area contributed by atoms with Gasteiger partial charge < -0.3 is 15.0 Å². The van der Waals surface area contributed by atoms with Crippen molar-refractivity contribution in [2.75, 3.05) is 6.54 Å². The third kappa shape index (κ3) is 6.19. The number of carbonyl (C=O) groups is 1. The van der Waals surface area contributed by atoms with Gasteiger partial charge in [0.25, 0.3) is 0 Å². The van der Waals surface area contributed by atoms with E-state index < -0.39 is 6.10 Å². The number of amides is 1. The summed E-state index contributed by atoms with van der Waals surface area (Å²) >= 11 is 0. The Labute approximate surface area is 121 Å². The van der Waals surface area contributed by atoms with Crippen molar-refractivity contribution >= 4 is 5.91 Å². The van der Waals surface area contributed by atoms with Crippen molar-refractivity contribution in [2.45, 2.75) is 58.6 Å². The highest BCUT2D eigenvalue weighted by Crippen LogP contribution is 2.17. The lowest BCUT2D eigenvalue weighted by Crippen LogP contribution is -2.34. The van der Waals surface area contributed by atoms with Crippen LogP contribution in [0.25, 0.3) is 0 Å². The minimum atomic E-state index is -0.461. The number of aliphatic hydroxyl groups is 1. The second-order valence-electron chi connectivity index (χ2n) is 5.74. The van der Waals surface area contributed by atoms with E-state index in [0.717, 1.165) is 12.8 Å². The number of imidazole rings is 1. The molecule has 2 atom stereocenters. The summed E-state index contributed by atoms with van der Waals surface area (Å²) in [6, 6.07) is 0.143. The van der Waals surface area contributed by atoms with Crippen LogP contribution < -0.4 is 5.32 Å². The molecule has 5 heteroatoms. The standard InChI is InChI=1S/C15H27N3O2/c1-4-5-13(18-7-6-16-11-18)9-15(20)17-10-14(19)8-12(2)3/h6-7,11-14,19H,4-5,8-10H2,1-3H3,(H,17,20). The van der Waals surface area contributed by atoms with Crippen LogP contribution in [-0.4, -0.2) is 33.2 Å². The minimum absolute atomic E-state index is 0.0139. The van der Waals surface area contributed by atoms with E-state index in [9.17, 15) is 9.90 Å². The van der Waals surface area contributed by atoms with Crippen molar-refractivity contribution in [1.82, 2.24) is 14.9 Å². The van der Waals surface area contributed by atoms with Crippen molar-refractivity contribution in [2.24, 2.45) is 5.92 Å². The highest BCUT2D eigenvalue weighted by atomic mass is 16.3. The van der Waals surface area contributed by atoms with Crippen molar-refractivity contribution in [3.8, 4) is 0 Å². The third-order valence-corrected chi connectivity index (χ3v) is 3.27. The van der Waals surface area contributed by atoms with Gasteiger partial charge in [0.15, 0.2) is 0 Å². The summed E-state index contributed by atoms with van der Waals surface area (Å²) in [6.45, 7) is 6.55. The molecule has 0 radical (unpaired) electrons. The first-order valence-electron chi connectivity index (χ1n) is 7.45. The maximum absolute atomic E-state index is 12.0. The predicted octanol–water partition coefficient (Wildman–Crippen LogP) is 2.14. The van der Waals surface area contributed by atoms with Gasteiger partial charge in [0.05, 0.1) is 12.4 Å². The number of carbonyl (C=O) groups excluding carboxylic acids is 1. The Morgan fingerprint density at radius 3 is 2.75 bits per heavy atom. The van der Waals surface area contributed by atoms with E-state index in [1.807, 2.05) is 10.8 Å². The number of rotatable bonds is 9. The number of nitrogens with zero attached hydrogens (tertiary/aromatic N) is 2. The predicted molar refractivity (Wildman–Crippen MR) is 79.3 cm³/mol. The lowest BCUT2D eigenvalue weighted by molar-refractivity contribution is -0.122. The molecule has 2 N–H and O–H groups in total. The first-order valence-corrected chi connectivity index (χ1v) is 7.45. The molecular formula is C15H27N3O2. The van der Waals surface area contributed by atoms with Gasteiger partial charge in [-0.1, -0.05) is 27.2 Å². The molecule has 1 aromatic heterocycles. The van der Waals surface area contributed by atoms with Gasteiger partial charge in [-0.05, 0) is 18.8 Å². The molecule has 20 heavy (non-hydrogen) atoms. The zero-order chi connectivity index (χ0) is 15.0. The molecule has 0 aliphatic heterocycles. The van der Waals surface area contributed by atoms with Crippen molar-refractivity contribution in [3.63, 3.8) is 0 Å². The SMILES string of the molecule is CCCC(CC(=O)NCC(O)CC(C)C)n1ccnc1. The molecule has 0 saturated carbocycles. The van der Waals surface area contributed by atoms with Crippen LogP contribution in [0.1, 0.15) is 52.5 Å². The highest BCUT2D eigenvalue weighted by Gasteiger charge is 2.15. The number of aliphatic hydroxyl groups excluding tert-OH is 1. The van der Waals surface area contributed by atoms with Crippen LogP contribution in [-0.2, 0) is 4.79 Å². The largest absolute Gasteiger partial charge is 0.391 e. The van der Waals surface area contributed by atoms with E-state index in [4.69, 9.17) is 0 Å². The molecule has 0 saturated heterocycles. The average molecular weight is 281 g/mol. The van der Waals surface area contributed by atoms with Gasteiger partial charge in [0, 0.05) is 31.4 Å². The number of hydrogen-bond donors (Lipinski definition) is 2. The Bertz CT molecular complexity index is 376. The molecule has 0 fully saturated rings. The second kappa shape index (κ2) is 8.74. The summed E-state index contributed by atoms with van der Waals surface area (Å²) in [5.74, 6) is 0.417. The van der Waals surface area contributed by atoms with Gasteiger partial charge in [-0.15, -0.1) is 0 Å². The summed E-state index contributed by atoms with van der Waals surface area (Å²) in [5.41, 5.74) is 0. The molecule has 0 aromatic carbocycles. The van der Waals surface area contributed by atoms with Crippen molar-refractivity contribution < 1.29 is 9.90 Å². The molecule has 1 heterocycles. The third-order valence-electron chi connectivity index (χ3n) is 3.27.